The van der Waals surface area contributed by atoms with E-state index < -0.39 is 71.4 Å². The van der Waals surface area contributed by atoms with E-state index in [2.05, 4.69) is 0 Å². The molecule has 2 saturated heterocycles. The first-order valence-corrected chi connectivity index (χ1v) is 13.3. The van der Waals surface area contributed by atoms with Gasteiger partial charge >= 0.3 is 0 Å². The molecule has 0 radical (unpaired) electrons. The first-order valence-electron chi connectivity index (χ1n) is 13.3. The largest absolute Gasteiger partial charge is 0.508 e. The van der Waals surface area contributed by atoms with E-state index in [-0.39, 0.29) is 39.3 Å². The highest BCUT2D eigenvalue weighted by molar-refractivity contribution is 6.12. The molecule has 7 rings (SSSR count). The van der Waals surface area contributed by atoms with Crippen molar-refractivity contribution in [2.45, 2.75) is 42.1 Å². The number of carbonyl (C=O) groups excluding carboxylic acids is 1. The van der Waals surface area contributed by atoms with Gasteiger partial charge in [-0.3, -0.25) is 9.59 Å². The van der Waals surface area contributed by atoms with E-state index in [0.717, 1.165) is 18.4 Å². The Balaban J connectivity index is 1.35. The fraction of sp³-hybridized carbons (Fsp3) is 0.267. The Labute approximate surface area is 246 Å². The van der Waals surface area contributed by atoms with Crippen LogP contribution in [0.15, 0.2) is 70.1 Å². The van der Waals surface area contributed by atoms with Crippen molar-refractivity contribution in [1.29, 1.82) is 0 Å². The summed E-state index contributed by atoms with van der Waals surface area (Å²) >= 11 is 0. The molecule has 3 aliphatic rings. The Hall–Kier alpha value is -4.70. The molecule has 0 spiro atoms. The molecule has 0 amide bonds. The lowest BCUT2D eigenvalue weighted by Gasteiger charge is -2.39. The Bertz CT molecular complexity index is 1870. The third kappa shape index (κ3) is 3.76. The highest BCUT2D eigenvalue weighted by Crippen LogP contribution is 2.68. The third-order valence-electron chi connectivity index (χ3n) is 8.07. The summed E-state index contributed by atoms with van der Waals surface area (Å²) in [6.45, 7) is -0.709. The maximum Gasteiger partial charge on any atom is 0.280 e. The summed E-state index contributed by atoms with van der Waals surface area (Å²) in [7, 11) is 0. The van der Waals surface area contributed by atoms with Crippen LogP contribution in [0.1, 0.15) is 21.5 Å². The minimum Gasteiger partial charge on any atom is -0.508 e. The number of fused-ring (bicyclic) bond motifs is 3. The van der Waals surface area contributed by atoms with Crippen molar-refractivity contribution in [2.24, 2.45) is 0 Å². The van der Waals surface area contributed by atoms with Crippen molar-refractivity contribution < 1.29 is 63.9 Å². The fourth-order valence-corrected chi connectivity index (χ4v) is 5.85. The number of epoxide rings is 1. The number of phenols is 3. The average Bonchev–Trinajstić information content (AvgIpc) is 3.69. The van der Waals surface area contributed by atoms with Crippen LogP contribution < -0.4 is 14.9 Å². The quantitative estimate of drug-likeness (QED) is 0.153. The molecule has 3 aliphatic heterocycles. The van der Waals surface area contributed by atoms with Crippen LogP contribution in [0.2, 0.25) is 0 Å². The van der Waals surface area contributed by atoms with Crippen molar-refractivity contribution in [3.05, 3.63) is 87.8 Å². The van der Waals surface area contributed by atoms with Crippen LogP contribution in [-0.4, -0.2) is 78.8 Å². The number of benzene rings is 3. The van der Waals surface area contributed by atoms with Gasteiger partial charge in [-0.25, -0.2) is 0 Å². The topological polar surface area (TPSA) is 229 Å². The normalized spacial score (nSPS) is 30.7. The lowest BCUT2D eigenvalue weighted by atomic mass is 9.80. The van der Waals surface area contributed by atoms with Crippen molar-refractivity contribution in [3.8, 4) is 28.7 Å². The van der Waals surface area contributed by atoms with E-state index in [1.165, 1.54) is 42.5 Å². The second-order valence-corrected chi connectivity index (χ2v) is 10.6. The summed E-state index contributed by atoms with van der Waals surface area (Å²) in [6, 6.07) is 12.0. The molecular formula is C30H24O14. The molecule has 14 nitrogen and oxygen atoms in total. The minimum absolute atomic E-state index is 0.0442. The fourth-order valence-electron chi connectivity index (χ4n) is 5.85. The molecule has 1 aromatic heterocycles. The van der Waals surface area contributed by atoms with Gasteiger partial charge in [-0.05, 0) is 30.3 Å². The van der Waals surface area contributed by atoms with Crippen LogP contribution in [0.5, 0.6) is 28.7 Å². The highest BCUT2D eigenvalue weighted by atomic mass is 16.8. The van der Waals surface area contributed by atoms with E-state index in [0.29, 0.717) is 5.56 Å². The van der Waals surface area contributed by atoms with Gasteiger partial charge in [0.1, 0.15) is 64.8 Å². The maximum atomic E-state index is 14.2. The molecule has 44 heavy (non-hydrogen) atoms. The van der Waals surface area contributed by atoms with Crippen LogP contribution >= 0.6 is 0 Å². The molecular weight excluding hydrogens is 584 g/mol. The van der Waals surface area contributed by atoms with Gasteiger partial charge in [0.15, 0.2) is 0 Å². The second-order valence-electron chi connectivity index (χ2n) is 10.6. The summed E-state index contributed by atoms with van der Waals surface area (Å²) in [5.41, 5.74) is -2.83. The van der Waals surface area contributed by atoms with Crippen molar-refractivity contribution >= 4 is 16.8 Å². The molecule has 0 saturated carbocycles. The number of ketones is 1. The number of ether oxygens (including phenoxy) is 4. The number of carbonyl (C=O) groups is 1. The Morgan fingerprint density at radius 3 is 2.36 bits per heavy atom. The number of aliphatic hydroxyl groups is 4. The van der Waals surface area contributed by atoms with E-state index in [1.54, 1.807) is 0 Å². The van der Waals surface area contributed by atoms with Gasteiger partial charge in [-0.15, -0.1) is 0 Å². The van der Waals surface area contributed by atoms with Gasteiger partial charge in [0.25, 0.3) is 5.79 Å². The number of rotatable bonds is 5. The molecule has 14 heteroatoms. The smallest absolute Gasteiger partial charge is 0.280 e. The molecule has 0 unspecified atom stereocenters. The zero-order valence-corrected chi connectivity index (χ0v) is 22.4. The second kappa shape index (κ2) is 9.65. The first-order chi connectivity index (χ1) is 21.0. The van der Waals surface area contributed by atoms with Crippen LogP contribution in [0.4, 0.5) is 0 Å². The molecule has 4 aromatic rings. The lowest BCUT2D eigenvalue weighted by Crippen LogP contribution is -2.60. The van der Waals surface area contributed by atoms with E-state index >= 15 is 0 Å². The number of hydrogen-bond donors (Lipinski definition) is 7. The highest BCUT2D eigenvalue weighted by Gasteiger charge is 2.82. The van der Waals surface area contributed by atoms with Crippen molar-refractivity contribution in [2.75, 3.05) is 6.61 Å². The van der Waals surface area contributed by atoms with Crippen molar-refractivity contribution in [1.82, 2.24) is 0 Å². The summed E-state index contributed by atoms with van der Waals surface area (Å²) < 4.78 is 29.0. The molecule has 3 aromatic carbocycles. The molecule has 4 heterocycles. The summed E-state index contributed by atoms with van der Waals surface area (Å²) in [4.78, 5) is 27.8. The van der Waals surface area contributed by atoms with E-state index in [1.807, 2.05) is 0 Å². The number of hydrogen-bond acceptors (Lipinski definition) is 14. The number of Topliss-reactive ketones (excluding diaryl/α,β-unsaturated/α-hetero) is 1. The number of aromatic hydroxyl groups is 3. The third-order valence-corrected chi connectivity index (χ3v) is 8.07. The number of aliphatic hydroxyl groups excluding tert-OH is 4. The summed E-state index contributed by atoms with van der Waals surface area (Å²) in [5, 5.41) is 70.4. The number of para-hydroxylation sites is 1. The zero-order valence-electron chi connectivity index (χ0n) is 22.4. The average molecular weight is 609 g/mol. The first kappa shape index (κ1) is 28.1. The molecule has 0 bridgehead atoms. The zero-order chi connectivity index (χ0) is 31.1. The Morgan fingerprint density at radius 2 is 1.64 bits per heavy atom. The maximum absolute atomic E-state index is 14.2. The van der Waals surface area contributed by atoms with Gasteiger partial charge in [0.2, 0.25) is 28.9 Å². The lowest BCUT2D eigenvalue weighted by molar-refractivity contribution is -0.277. The van der Waals surface area contributed by atoms with E-state index in [9.17, 15) is 45.3 Å². The molecule has 228 valence electrons. The Morgan fingerprint density at radius 1 is 0.886 bits per heavy atom. The van der Waals surface area contributed by atoms with Gasteiger partial charge in [-0.1, -0.05) is 12.1 Å². The predicted octanol–water partition coefficient (Wildman–Crippen LogP) is 0.442. The van der Waals surface area contributed by atoms with Crippen LogP contribution in [-0.2, 0) is 20.9 Å². The Kier molecular flexibility index (Phi) is 6.16. The van der Waals surface area contributed by atoms with E-state index in [4.69, 9.17) is 23.4 Å². The monoisotopic (exact) mass is 608 g/mol. The summed E-state index contributed by atoms with van der Waals surface area (Å²) in [6.07, 6.45) is -7.22. The van der Waals surface area contributed by atoms with Crippen LogP contribution in [0.3, 0.4) is 0 Å². The van der Waals surface area contributed by atoms with Gasteiger partial charge in [0, 0.05) is 23.3 Å². The van der Waals surface area contributed by atoms with Crippen molar-refractivity contribution in [3.63, 3.8) is 0 Å². The van der Waals surface area contributed by atoms with Gasteiger partial charge in [0.05, 0.1) is 12.0 Å². The van der Waals surface area contributed by atoms with Crippen LogP contribution in [0, 0.1) is 0 Å². The predicted molar refractivity (Wildman–Crippen MR) is 144 cm³/mol. The van der Waals surface area contributed by atoms with Crippen LogP contribution in [0.25, 0.3) is 11.0 Å². The minimum atomic E-state index is -2.00. The van der Waals surface area contributed by atoms with Gasteiger partial charge < -0.3 is 59.1 Å². The summed E-state index contributed by atoms with van der Waals surface area (Å²) in [5.74, 6) is -4.25. The van der Waals surface area contributed by atoms with Gasteiger partial charge in [-0.2, -0.15) is 0 Å². The SMILES string of the molecule is O=C1c2c(O)cc(O)cc2O[C@]2(c3ccc(O)cc3)O[C@]12c1cccc2c(=O)c(O[C@@H]3O[C@H](CO)[C@@H](O)[C@H](O)[C@H]3O)coc12. The molecule has 7 N–H and O–H groups in total. The molecule has 7 atom stereocenters. The molecule has 2 fully saturated rings. The number of phenolic OH excluding ortho intramolecular Hbond substituents is 3. The molecule has 0 aliphatic carbocycles. The standard InChI is InChI=1S/C30H24O14/c31-10-19-23(36)24(37)25(38)28(41-19)42-20-11-40-26-15(22(20)35)2-1-3-16(26)29-27(39)21-17(34)8-14(33)9-18(21)43-30(29,44-29)12-4-6-13(32)7-5-12/h1-9,11,19,23-25,28,31-34,36-38H,10H2/t19-,23-,24+,25-,28+,29-,30-/m1/s1.